The molecule has 0 aliphatic heterocycles. The van der Waals surface area contributed by atoms with Gasteiger partial charge in [0.15, 0.2) is 0 Å². The molecular weight excluding hydrogens is 176 g/mol. The van der Waals surface area contributed by atoms with Crippen LogP contribution in [-0.2, 0) is 10.1 Å². The highest BCUT2D eigenvalue weighted by molar-refractivity contribution is 7.88. The molecule has 0 amide bonds. The maximum absolute atomic E-state index is 10.4. The third-order valence-corrected chi connectivity index (χ3v) is 2.23. The summed E-state index contributed by atoms with van der Waals surface area (Å²) in [5.74, 6) is 0. The minimum Gasteiger partial charge on any atom is -0.282 e. The molecule has 0 aliphatic rings. The first-order valence-corrected chi connectivity index (χ1v) is 5.60. The average Bonchev–Trinajstić information content (AvgIpc) is 1.84. The monoisotopic (exact) mass is 192 g/mol. The molecule has 4 heteroatoms. The van der Waals surface area contributed by atoms with Gasteiger partial charge in [-0.2, -0.15) is 8.42 Å². The number of unbranched alkanes of at least 4 members (excludes halogenated alkanes) is 2. The van der Waals surface area contributed by atoms with Crippen LogP contribution >= 0.6 is 0 Å². The summed E-state index contributed by atoms with van der Waals surface area (Å²) in [4.78, 5) is 0. The van der Waals surface area contributed by atoms with Gasteiger partial charge in [-0.15, -0.1) is 0 Å². The summed E-state index contributed by atoms with van der Waals surface area (Å²) in [6, 6.07) is 0. The van der Waals surface area contributed by atoms with E-state index in [0.717, 1.165) is 31.1 Å². The zero-order chi connectivity index (χ0) is 9.61. The van der Waals surface area contributed by atoms with Gasteiger partial charge in [-0.05, 0) is 19.8 Å². The maximum Gasteiger partial charge on any atom is 0.287 e. The zero-order valence-electron chi connectivity index (χ0n) is 7.58. The molecule has 0 saturated heterocycles. The van der Waals surface area contributed by atoms with Crippen molar-refractivity contribution < 1.29 is 13.0 Å². The molecule has 0 unspecified atom stereocenters. The van der Waals surface area contributed by atoms with Crippen molar-refractivity contribution >= 4 is 10.1 Å². The molecule has 0 aliphatic carbocycles. The summed E-state index contributed by atoms with van der Waals surface area (Å²) >= 11 is 0. The average molecular weight is 192 g/mol. The molecule has 0 aromatic carbocycles. The minimum absolute atomic E-state index is 0.714. The van der Waals surface area contributed by atoms with Crippen LogP contribution in [0.3, 0.4) is 0 Å². The number of allylic oxidation sites excluding steroid dienone is 1. The van der Waals surface area contributed by atoms with Crippen LogP contribution in [0.2, 0.25) is 0 Å². The predicted octanol–water partition coefficient (Wildman–Crippen LogP) is 2.36. The lowest BCUT2D eigenvalue weighted by atomic mass is 10.1. The molecule has 72 valence electrons. The summed E-state index contributed by atoms with van der Waals surface area (Å²) < 4.78 is 29.1. The van der Waals surface area contributed by atoms with E-state index in [4.69, 9.17) is 4.55 Å². The van der Waals surface area contributed by atoms with Crippen molar-refractivity contribution in [1.29, 1.82) is 0 Å². The molecule has 0 fully saturated rings. The van der Waals surface area contributed by atoms with Gasteiger partial charge in [0, 0.05) is 0 Å². The maximum atomic E-state index is 10.4. The second kappa shape index (κ2) is 5.32. The van der Waals surface area contributed by atoms with E-state index in [1.165, 1.54) is 0 Å². The molecule has 0 aromatic rings. The van der Waals surface area contributed by atoms with E-state index in [1.807, 2.05) is 0 Å². The highest BCUT2D eigenvalue weighted by Gasteiger charge is 1.99. The molecule has 0 atom stereocenters. The van der Waals surface area contributed by atoms with E-state index in [9.17, 15) is 8.42 Å². The summed E-state index contributed by atoms with van der Waals surface area (Å²) in [5.41, 5.74) is 0.714. The van der Waals surface area contributed by atoms with Gasteiger partial charge < -0.3 is 0 Å². The van der Waals surface area contributed by atoms with Crippen molar-refractivity contribution in [2.24, 2.45) is 0 Å². The Kier molecular flexibility index (Phi) is 5.17. The van der Waals surface area contributed by atoms with E-state index in [1.54, 1.807) is 6.92 Å². The molecule has 0 rings (SSSR count). The van der Waals surface area contributed by atoms with Crippen LogP contribution in [0.4, 0.5) is 0 Å². The molecule has 1 N–H and O–H groups in total. The Morgan fingerprint density at radius 2 is 2.00 bits per heavy atom. The molecule has 3 nitrogen and oxygen atoms in total. The highest BCUT2D eigenvalue weighted by atomic mass is 32.2. The smallest absolute Gasteiger partial charge is 0.282 e. The van der Waals surface area contributed by atoms with Crippen molar-refractivity contribution in [3.05, 3.63) is 11.0 Å². The topological polar surface area (TPSA) is 54.4 Å². The Morgan fingerprint density at radius 1 is 1.42 bits per heavy atom. The van der Waals surface area contributed by atoms with Crippen LogP contribution in [0, 0.1) is 0 Å². The Hall–Kier alpha value is -0.350. The fraction of sp³-hybridized carbons (Fsp3) is 0.750. The first kappa shape index (κ1) is 11.6. The van der Waals surface area contributed by atoms with Crippen LogP contribution < -0.4 is 0 Å². The lowest BCUT2D eigenvalue weighted by Crippen LogP contribution is -1.92. The summed E-state index contributed by atoms with van der Waals surface area (Å²) in [5, 5.41) is 0.919. The third-order valence-electron chi connectivity index (χ3n) is 1.52. The van der Waals surface area contributed by atoms with Crippen molar-refractivity contribution in [3.63, 3.8) is 0 Å². The summed E-state index contributed by atoms with van der Waals surface area (Å²) in [6.45, 7) is 3.80. The molecule has 12 heavy (non-hydrogen) atoms. The molecule has 0 aromatic heterocycles. The fourth-order valence-electron chi connectivity index (χ4n) is 0.967. The van der Waals surface area contributed by atoms with Crippen LogP contribution in [0.15, 0.2) is 11.0 Å². The third kappa shape index (κ3) is 7.75. The predicted molar refractivity (Wildman–Crippen MR) is 49.4 cm³/mol. The van der Waals surface area contributed by atoms with Gasteiger partial charge in [-0.1, -0.05) is 25.3 Å². The second-order valence-electron chi connectivity index (χ2n) is 2.94. The minimum atomic E-state index is -3.92. The Bertz CT molecular complexity index is 239. The molecule has 0 saturated carbocycles. The fourth-order valence-corrected chi connectivity index (χ4v) is 1.59. The first-order valence-electron chi connectivity index (χ1n) is 4.10. The highest BCUT2D eigenvalue weighted by Crippen LogP contribution is 2.08. The van der Waals surface area contributed by atoms with Crippen molar-refractivity contribution in [2.75, 3.05) is 0 Å². The van der Waals surface area contributed by atoms with Crippen LogP contribution in [0.1, 0.15) is 39.5 Å². The SMILES string of the molecule is CCCCC/C(C)=C/S(=O)(=O)O. The Labute approximate surface area is 74.2 Å². The van der Waals surface area contributed by atoms with Gasteiger partial charge >= 0.3 is 0 Å². The number of rotatable bonds is 5. The molecule has 0 bridgehead atoms. The quantitative estimate of drug-likeness (QED) is 0.537. The lowest BCUT2D eigenvalue weighted by Gasteiger charge is -1.98. The standard InChI is InChI=1S/C8H16O3S/c1-3-4-5-6-8(2)7-12(9,10)11/h7H,3-6H2,1-2H3,(H,9,10,11)/b8-7+. The molecule has 0 radical (unpaired) electrons. The molecule has 0 heterocycles. The van der Waals surface area contributed by atoms with Gasteiger partial charge in [-0.25, -0.2) is 0 Å². The van der Waals surface area contributed by atoms with Crippen LogP contribution in [-0.4, -0.2) is 13.0 Å². The van der Waals surface area contributed by atoms with Gasteiger partial charge in [-0.3, -0.25) is 4.55 Å². The Balaban J connectivity index is 3.88. The first-order chi connectivity index (χ1) is 5.45. The molecular formula is C8H16O3S. The van der Waals surface area contributed by atoms with Gasteiger partial charge in [0.1, 0.15) is 0 Å². The van der Waals surface area contributed by atoms with Crippen molar-refractivity contribution in [2.45, 2.75) is 39.5 Å². The largest absolute Gasteiger partial charge is 0.287 e. The van der Waals surface area contributed by atoms with E-state index in [-0.39, 0.29) is 0 Å². The van der Waals surface area contributed by atoms with E-state index >= 15 is 0 Å². The van der Waals surface area contributed by atoms with E-state index < -0.39 is 10.1 Å². The lowest BCUT2D eigenvalue weighted by molar-refractivity contribution is 0.494. The normalized spacial score (nSPS) is 13.4. The Morgan fingerprint density at radius 3 is 2.42 bits per heavy atom. The van der Waals surface area contributed by atoms with Gasteiger partial charge in [0.05, 0.1) is 5.41 Å². The second-order valence-corrected chi connectivity index (χ2v) is 4.20. The van der Waals surface area contributed by atoms with Crippen LogP contribution in [0.5, 0.6) is 0 Å². The summed E-state index contributed by atoms with van der Waals surface area (Å²) in [7, 11) is -3.92. The van der Waals surface area contributed by atoms with Crippen molar-refractivity contribution in [3.8, 4) is 0 Å². The number of hydrogen-bond donors (Lipinski definition) is 1. The van der Waals surface area contributed by atoms with Gasteiger partial charge in [0.25, 0.3) is 10.1 Å². The van der Waals surface area contributed by atoms with E-state index in [2.05, 4.69) is 6.92 Å². The van der Waals surface area contributed by atoms with Crippen molar-refractivity contribution in [1.82, 2.24) is 0 Å². The van der Waals surface area contributed by atoms with E-state index in [0.29, 0.717) is 5.57 Å². The molecule has 0 spiro atoms. The van der Waals surface area contributed by atoms with Crippen LogP contribution in [0.25, 0.3) is 0 Å². The summed E-state index contributed by atoms with van der Waals surface area (Å²) in [6.07, 6.45) is 3.93. The van der Waals surface area contributed by atoms with Gasteiger partial charge in [0.2, 0.25) is 0 Å². The number of hydrogen-bond acceptors (Lipinski definition) is 2. The zero-order valence-corrected chi connectivity index (χ0v) is 8.39.